The molecule has 1 fully saturated rings. The van der Waals surface area contributed by atoms with E-state index in [0.717, 1.165) is 13.0 Å². The maximum Gasteiger partial charge on any atom is 0.243 e. The maximum atomic E-state index is 12.6. The summed E-state index contributed by atoms with van der Waals surface area (Å²) in [6.07, 6.45) is 0.816. The molecule has 0 bridgehead atoms. The molecule has 7 heteroatoms. The molecule has 6 nitrogen and oxygen atoms in total. The van der Waals surface area contributed by atoms with Crippen molar-refractivity contribution >= 4 is 10.0 Å². The van der Waals surface area contributed by atoms with Crippen LogP contribution in [0.4, 0.5) is 0 Å². The van der Waals surface area contributed by atoms with Crippen LogP contribution in [0.15, 0.2) is 23.1 Å². The fraction of sp³-hybridized carbons (Fsp3) is 0.538. The first kappa shape index (κ1) is 15.1. The van der Waals surface area contributed by atoms with E-state index < -0.39 is 10.0 Å². The average Bonchev–Trinajstić information content (AvgIpc) is 2.99. The molecule has 1 N–H and O–H groups in total. The molecular weight excluding hydrogens is 280 g/mol. The van der Waals surface area contributed by atoms with Crippen molar-refractivity contribution in [2.45, 2.75) is 17.4 Å². The molecule has 1 aromatic carbocycles. The van der Waals surface area contributed by atoms with Gasteiger partial charge in [0, 0.05) is 37.8 Å². The van der Waals surface area contributed by atoms with E-state index in [1.807, 2.05) is 0 Å². The summed E-state index contributed by atoms with van der Waals surface area (Å²) in [4.78, 5) is 0.183. The van der Waals surface area contributed by atoms with Gasteiger partial charge in [-0.15, -0.1) is 0 Å². The van der Waals surface area contributed by atoms with Crippen molar-refractivity contribution in [2.75, 3.05) is 34.4 Å². The fourth-order valence-corrected chi connectivity index (χ4v) is 3.68. The van der Waals surface area contributed by atoms with Crippen LogP contribution in [0.5, 0.6) is 11.5 Å². The summed E-state index contributed by atoms with van der Waals surface area (Å²) >= 11 is 0. The van der Waals surface area contributed by atoms with Gasteiger partial charge >= 0.3 is 0 Å². The van der Waals surface area contributed by atoms with E-state index in [9.17, 15) is 8.42 Å². The van der Waals surface area contributed by atoms with E-state index in [4.69, 9.17) is 9.47 Å². The largest absolute Gasteiger partial charge is 0.497 e. The zero-order chi connectivity index (χ0) is 14.8. The minimum atomic E-state index is -3.55. The Labute approximate surface area is 119 Å². The molecule has 0 saturated carbocycles. The van der Waals surface area contributed by atoms with E-state index >= 15 is 0 Å². The fourth-order valence-electron chi connectivity index (χ4n) is 2.24. The first-order valence-electron chi connectivity index (χ1n) is 6.41. The smallest absolute Gasteiger partial charge is 0.243 e. The molecular formula is C13H20N2O4S. The number of ether oxygens (including phenoxy) is 2. The SMILES string of the molecule is COc1cc(OC)cc(S(=O)(=O)N(C)C2CCNC2)c1. The highest BCUT2D eigenvalue weighted by Gasteiger charge is 2.30. The van der Waals surface area contributed by atoms with Crippen LogP contribution in [-0.4, -0.2) is 53.1 Å². The van der Waals surface area contributed by atoms with Crippen molar-refractivity contribution in [1.29, 1.82) is 0 Å². The third-order valence-electron chi connectivity index (χ3n) is 3.55. The number of likely N-dealkylation sites (N-methyl/N-ethyl adjacent to an activating group) is 1. The molecule has 1 aliphatic rings. The molecule has 1 unspecified atom stereocenters. The van der Waals surface area contributed by atoms with Gasteiger partial charge in [0.05, 0.1) is 19.1 Å². The molecule has 1 saturated heterocycles. The standard InChI is InChI=1S/C13H20N2O4S/c1-15(10-4-5-14-9-10)20(16,17)13-7-11(18-2)6-12(8-13)19-3/h6-8,10,14H,4-5,9H2,1-3H3. The minimum Gasteiger partial charge on any atom is -0.497 e. The van der Waals surface area contributed by atoms with Crippen LogP contribution in [0.2, 0.25) is 0 Å². The Morgan fingerprint density at radius 2 is 1.80 bits per heavy atom. The van der Waals surface area contributed by atoms with Gasteiger partial charge in [-0.05, 0) is 13.0 Å². The van der Waals surface area contributed by atoms with Crippen LogP contribution in [0, 0.1) is 0 Å². The van der Waals surface area contributed by atoms with E-state index in [0.29, 0.717) is 18.0 Å². The Hall–Kier alpha value is -1.31. The van der Waals surface area contributed by atoms with E-state index in [1.165, 1.54) is 30.7 Å². The Morgan fingerprint density at radius 1 is 1.20 bits per heavy atom. The molecule has 1 atom stereocenters. The zero-order valence-corrected chi connectivity index (χ0v) is 12.7. The second-order valence-corrected chi connectivity index (χ2v) is 6.71. The first-order chi connectivity index (χ1) is 9.48. The van der Waals surface area contributed by atoms with Gasteiger partial charge in [-0.1, -0.05) is 0 Å². The highest BCUT2D eigenvalue weighted by atomic mass is 32.2. The summed E-state index contributed by atoms with van der Waals surface area (Å²) in [6, 6.07) is 4.65. The molecule has 1 aliphatic heterocycles. The lowest BCUT2D eigenvalue weighted by molar-refractivity contribution is 0.381. The second kappa shape index (κ2) is 5.99. The molecule has 0 amide bonds. The predicted octanol–water partition coefficient (Wildman–Crippen LogP) is 0.686. The lowest BCUT2D eigenvalue weighted by atomic mass is 10.3. The number of benzene rings is 1. The molecule has 2 rings (SSSR count). The van der Waals surface area contributed by atoms with Crippen molar-refractivity contribution in [2.24, 2.45) is 0 Å². The topological polar surface area (TPSA) is 67.9 Å². The van der Waals surface area contributed by atoms with E-state index in [1.54, 1.807) is 13.1 Å². The third kappa shape index (κ3) is 2.89. The second-order valence-electron chi connectivity index (χ2n) is 4.72. The summed E-state index contributed by atoms with van der Waals surface area (Å²) in [7, 11) is 1.05. The summed E-state index contributed by atoms with van der Waals surface area (Å²) in [5, 5.41) is 3.17. The molecule has 0 radical (unpaired) electrons. The quantitative estimate of drug-likeness (QED) is 0.866. The number of nitrogens with one attached hydrogen (secondary N) is 1. The molecule has 1 aromatic rings. The average molecular weight is 300 g/mol. The molecule has 20 heavy (non-hydrogen) atoms. The highest BCUT2D eigenvalue weighted by Crippen LogP contribution is 2.28. The monoisotopic (exact) mass is 300 g/mol. The van der Waals surface area contributed by atoms with Gasteiger partial charge < -0.3 is 14.8 Å². The number of hydrogen-bond acceptors (Lipinski definition) is 5. The normalized spacial score (nSPS) is 19.3. The van der Waals surface area contributed by atoms with Gasteiger partial charge in [0.25, 0.3) is 0 Å². The third-order valence-corrected chi connectivity index (χ3v) is 5.44. The van der Waals surface area contributed by atoms with Gasteiger partial charge in [-0.3, -0.25) is 0 Å². The Bertz CT molecular complexity index is 545. The van der Waals surface area contributed by atoms with Crippen LogP contribution in [0.3, 0.4) is 0 Å². The zero-order valence-electron chi connectivity index (χ0n) is 11.9. The lowest BCUT2D eigenvalue weighted by Gasteiger charge is -2.23. The molecule has 1 heterocycles. The van der Waals surface area contributed by atoms with Crippen molar-refractivity contribution in [3.8, 4) is 11.5 Å². The molecule has 0 spiro atoms. The highest BCUT2D eigenvalue weighted by molar-refractivity contribution is 7.89. The molecule has 0 aliphatic carbocycles. The minimum absolute atomic E-state index is 0.0165. The molecule has 0 aromatic heterocycles. The Balaban J connectivity index is 2.37. The van der Waals surface area contributed by atoms with Crippen LogP contribution >= 0.6 is 0 Å². The molecule has 112 valence electrons. The van der Waals surface area contributed by atoms with E-state index in [2.05, 4.69) is 5.32 Å². The van der Waals surface area contributed by atoms with Gasteiger partial charge in [-0.25, -0.2) is 8.42 Å². The Kier molecular flexibility index (Phi) is 4.52. The van der Waals surface area contributed by atoms with Crippen molar-refractivity contribution in [1.82, 2.24) is 9.62 Å². The van der Waals surface area contributed by atoms with Crippen molar-refractivity contribution in [3.05, 3.63) is 18.2 Å². The maximum absolute atomic E-state index is 12.6. The number of nitrogens with zero attached hydrogens (tertiary/aromatic N) is 1. The van der Waals surface area contributed by atoms with Crippen molar-refractivity contribution in [3.63, 3.8) is 0 Å². The number of hydrogen-bond donors (Lipinski definition) is 1. The van der Waals surface area contributed by atoms with Crippen molar-refractivity contribution < 1.29 is 17.9 Å². The van der Waals surface area contributed by atoms with Gasteiger partial charge in [-0.2, -0.15) is 4.31 Å². The summed E-state index contributed by atoms with van der Waals surface area (Å²) in [6.45, 7) is 1.52. The van der Waals surface area contributed by atoms with Crippen LogP contribution in [0.1, 0.15) is 6.42 Å². The Morgan fingerprint density at radius 3 is 2.25 bits per heavy atom. The summed E-state index contributed by atoms with van der Waals surface area (Å²) in [5.41, 5.74) is 0. The van der Waals surface area contributed by atoms with Crippen LogP contribution in [0.25, 0.3) is 0 Å². The number of sulfonamides is 1. The summed E-state index contributed by atoms with van der Waals surface area (Å²) in [5.74, 6) is 0.918. The van der Waals surface area contributed by atoms with Gasteiger partial charge in [0.15, 0.2) is 0 Å². The number of methoxy groups -OCH3 is 2. The van der Waals surface area contributed by atoms with Crippen LogP contribution in [-0.2, 0) is 10.0 Å². The first-order valence-corrected chi connectivity index (χ1v) is 7.85. The predicted molar refractivity (Wildman–Crippen MR) is 75.8 cm³/mol. The lowest BCUT2D eigenvalue weighted by Crippen LogP contribution is -2.38. The van der Waals surface area contributed by atoms with Gasteiger partial charge in [0.1, 0.15) is 11.5 Å². The van der Waals surface area contributed by atoms with Crippen LogP contribution < -0.4 is 14.8 Å². The van der Waals surface area contributed by atoms with Gasteiger partial charge in [0.2, 0.25) is 10.0 Å². The number of rotatable bonds is 5. The van der Waals surface area contributed by atoms with E-state index in [-0.39, 0.29) is 10.9 Å². The summed E-state index contributed by atoms with van der Waals surface area (Å²) < 4.78 is 36.9.